The number of hydrogen-bond acceptors (Lipinski definition) is 5. The fraction of sp³-hybridized carbons (Fsp3) is 0.0345. The molecular weight excluding hydrogens is 448 g/mol. The maximum absolute atomic E-state index is 11.8. The summed E-state index contributed by atoms with van der Waals surface area (Å²) in [5.74, 6) is 2.11. The van der Waals surface area contributed by atoms with Crippen molar-refractivity contribution in [3.63, 3.8) is 0 Å². The van der Waals surface area contributed by atoms with Crippen molar-refractivity contribution in [2.45, 2.75) is 6.42 Å². The first-order valence-electron chi connectivity index (χ1n) is 11.4. The number of terminal acetylenes is 1. The smallest absolute Gasteiger partial charge is 0.302 e. The highest BCUT2D eigenvalue weighted by Crippen LogP contribution is 2.36. The summed E-state index contributed by atoms with van der Waals surface area (Å²) in [6.07, 6.45) is 5.97. The zero-order valence-electron chi connectivity index (χ0n) is 19.1. The van der Waals surface area contributed by atoms with Gasteiger partial charge in [0.2, 0.25) is 5.95 Å². The minimum Gasteiger partial charge on any atom is -0.339 e. The lowest BCUT2D eigenvalue weighted by Gasteiger charge is -2.13. The van der Waals surface area contributed by atoms with E-state index in [4.69, 9.17) is 6.42 Å². The molecule has 3 N–H and O–H groups in total. The summed E-state index contributed by atoms with van der Waals surface area (Å²) in [7, 11) is 0. The van der Waals surface area contributed by atoms with Crippen LogP contribution in [0.15, 0.2) is 84.9 Å². The molecule has 0 aliphatic heterocycles. The summed E-state index contributed by atoms with van der Waals surface area (Å²) in [5, 5.41) is 17.9. The van der Waals surface area contributed by atoms with Gasteiger partial charge in [0.1, 0.15) is 5.82 Å². The molecule has 0 spiro atoms. The van der Waals surface area contributed by atoms with Crippen molar-refractivity contribution in [2.75, 3.05) is 10.6 Å². The van der Waals surface area contributed by atoms with Gasteiger partial charge >= 0.3 is 5.91 Å². The third-order valence-electron chi connectivity index (χ3n) is 6.07. The number of benzene rings is 4. The number of nitrogens with zero attached hydrogens (tertiary/aromatic N) is 3. The maximum Gasteiger partial charge on any atom is 0.302 e. The molecule has 172 valence electrons. The lowest BCUT2D eigenvalue weighted by molar-refractivity contribution is -0.111. The number of fused-ring (bicyclic) bond motifs is 4. The van der Waals surface area contributed by atoms with E-state index in [1.807, 2.05) is 66.6 Å². The first-order chi connectivity index (χ1) is 17.7. The van der Waals surface area contributed by atoms with Gasteiger partial charge < -0.3 is 5.32 Å². The van der Waals surface area contributed by atoms with Gasteiger partial charge in [-0.25, -0.2) is 4.98 Å². The van der Waals surface area contributed by atoms with E-state index < -0.39 is 5.91 Å². The van der Waals surface area contributed by atoms with Crippen molar-refractivity contribution in [1.82, 2.24) is 20.2 Å². The normalized spacial score (nSPS) is 11.0. The van der Waals surface area contributed by atoms with Crippen LogP contribution in [0.1, 0.15) is 11.3 Å². The number of carbonyl (C=O) groups excluding carboxylic acids is 1. The van der Waals surface area contributed by atoms with Gasteiger partial charge in [0.05, 0.1) is 11.0 Å². The minimum atomic E-state index is -0.606. The Labute approximate surface area is 206 Å². The molecule has 0 saturated carbocycles. The average Bonchev–Trinajstić information content (AvgIpc) is 3.31. The van der Waals surface area contributed by atoms with Crippen molar-refractivity contribution in [1.29, 1.82) is 0 Å². The first-order valence-corrected chi connectivity index (χ1v) is 11.4. The summed E-state index contributed by atoms with van der Waals surface area (Å²) in [4.78, 5) is 20.8. The van der Waals surface area contributed by atoms with Crippen LogP contribution >= 0.6 is 0 Å². The molecule has 0 bridgehead atoms. The highest BCUT2D eigenvalue weighted by atomic mass is 16.1. The molecule has 0 aliphatic carbocycles. The third kappa shape index (κ3) is 3.87. The predicted molar refractivity (Wildman–Crippen MR) is 143 cm³/mol. The monoisotopic (exact) mass is 468 g/mol. The number of aromatic amines is 1. The second kappa shape index (κ2) is 8.85. The van der Waals surface area contributed by atoms with Crippen LogP contribution in [-0.2, 0) is 11.2 Å². The van der Waals surface area contributed by atoms with Crippen LogP contribution in [-0.4, -0.2) is 26.1 Å². The average molecular weight is 469 g/mol. The highest BCUT2D eigenvalue weighted by Gasteiger charge is 2.16. The molecule has 1 amide bonds. The molecule has 0 fully saturated rings. The SMILES string of the molecule is C#CC(=O)Nc1nc(Nc2cc3n[nH]c(Cc4ccccc4)c3c3ccccc23)c2ccccc2n1. The molecule has 2 aromatic heterocycles. The second-order valence-corrected chi connectivity index (χ2v) is 8.36. The van der Waals surface area contributed by atoms with Crippen LogP contribution in [0, 0.1) is 12.3 Å². The number of hydrogen-bond donors (Lipinski definition) is 3. The molecule has 4 aromatic carbocycles. The second-order valence-electron chi connectivity index (χ2n) is 8.36. The molecule has 36 heavy (non-hydrogen) atoms. The lowest BCUT2D eigenvalue weighted by Crippen LogP contribution is -2.12. The van der Waals surface area contributed by atoms with Crippen LogP contribution in [0.3, 0.4) is 0 Å². The van der Waals surface area contributed by atoms with Gasteiger partial charge in [-0.05, 0) is 35.1 Å². The minimum absolute atomic E-state index is 0.134. The first kappa shape index (κ1) is 21.3. The van der Waals surface area contributed by atoms with Crippen molar-refractivity contribution in [3.05, 3.63) is 96.2 Å². The van der Waals surface area contributed by atoms with E-state index in [-0.39, 0.29) is 5.95 Å². The van der Waals surface area contributed by atoms with E-state index in [0.29, 0.717) is 11.3 Å². The van der Waals surface area contributed by atoms with Gasteiger partial charge in [-0.1, -0.05) is 66.7 Å². The molecule has 7 heteroatoms. The lowest BCUT2D eigenvalue weighted by atomic mass is 10.00. The maximum atomic E-state index is 11.8. The van der Waals surface area contributed by atoms with Gasteiger partial charge in [0, 0.05) is 34.0 Å². The van der Waals surface area contributed by atoms with Gasteiger partial charge in [0.25, 0.3) is 0 Å². The van der Waals surface area contributed by atoms with Crippen LogP contribution in [0.2, 0.25) is 0 Å². The third-order valence-corrected chi connectivity index (χ3v) is 6.07. The molecule has 0 radical (unpaired) electrons. The summed E-state index contributed by atoms with van der Waals surface area (Å²) < 4.78 is 0. The summed E-state index contributed by atoms with van der Waals surface area (Å²) in [6.45, 7) is 0. The molecule has 0 saturated heterocycles. The fourth-order valence-electron chi connectivity index (χ4n) is 4.47. The molecule has 0 unspecified atom stereocenters. The van der Waals surface area contributed by atoms with Crippen LogP contribution in [0.25, 0.3) is 32.6 Å². The predicted octanol–water partition coefficient (Wildman–Crippen LogP) is 5.57. The summed E-state index contributed by atoms with van der Waals surface area (Å²) in [6, 6.07) is 28.1. The van der Waals surface area contributed by atoms with Crippen molar-refractivity contribution < 1.29 is 4.79 Å². The van der Waals surface area contributed by atoms with Crippen LogP contribution in [0.4, 0.5) is 17.5 Å². The van der Waals surface area contributed by atoms with E-state index in [9.17, 15) is 4.79 Å². The van der Waals surface area contributed by atoms with Crippen LogP contribution in [0.5, 0.6) is 0 Å². The summed E-state index contributed by atoms with van der Waals surface area (Å²) >= 11 is 0. The van der Waals surface area contributed by atoms with Gasteiger partial charge in [-0.2, -0.15) is 10.1 Å². The van der Waals surface area contributed by atoms with E-state index in [1.54, 1.807) is 0 Å². The number of H-pyrrole nitrogens is 1. The Morgan fingerprint density at radius 1 is 0.861 bits per heavy atom. The molecule has 2 heterocycles. The fourth-order valence-corrected chi connectivity index (χ4v) is 4.47. The Hall–Kier alpha value is -5.22. The topological polar surface area (TPSA) is 95.6 Å². The van der Waals surface area contributed by atoms with Crippen molar-refractivity contribution in [2.24, 2.45) is 0 Å². The zero-order chi connectivity index (χ0) is 24.5. The molecule has 0 aliphatic rings. The van der Waals surface area contributed by atoms with Gasteiger partial charge in [-0.3, -0.25) is 15.2 Å². The van der Waals surface area contributed by atoms with Crippen LogP contribution < -0.4 is 10.6 Å². The molecule has 0 atom stereocenters. The number of anilines is 3. The Morgan fingerprint density at radius 3 is 2.39 bits per heavy atom. The summed E-state index contributed by atoms with van der Waals surface area (Å²) in [5.41, 5.74) is 4.64. The quantitative estimate of drug-likeness (QED) is 0.288. The van der Waals surface area contributed by atoms with Crippen molar-refractivity contribution >= 4 is 55.9 Å². The van der Waals surface area contributed by atoms with E-state index in [1.165, 1.54) is 5.56 Å². The molecule has 7 nitrogen and oxygen atoms in total. The Balaban J connectivity index is 1.49. The Kier molecular flexibility index (Phi) is 5.24. The Morgan fingerprint density at radius 2 is 1.58 bits per heavy atom. The zero-order valence-corrected chi connectivity index (χ0v) is 19.1. The van der Waals surface area contributed by atoms with Gasteiger partial charge in [-0.15, -0.1) is 6.42 Å². The molecular formula is C29H20N6O. The number of carbonyl (C=O) groups is 1. The molecule has 6 aromatic rings. The number of rotatable bonds is 5. The van der Waals surface area contributed by atoms with Gasteiger partial charge in [0.15, 0.2) is 0 Å². The number of aromatic nitrogens is 4. The standard InChI is InChI=1S/C29H20N6O/c1-2-26(36)32-29-31-22-15-9-8-14-21(22)28(33-29)30-23-17-25-27(20-13-7-6-12-19(20)23)24(34-35-25)16-18-10-4-3-5-11-18/h1,3-15,17H,16H2,(H,34,35)(H2,30,31,32,33,36). The van der Waals surface area contributed by atoms with E-state index in [0.717, 1.165) is 44.9 Å². The van der Waals surface area contributed by atoms with E-state index >= 15 is 0 Å². The number of nitrogens with one attached hydrogen (secondary N) is 3. The van der Waals surface area contributed by atoms with E-state index in [2.05, 4.69) is 55.1 Å². The molecule has 6 rings (SSSR count). The largest absolute Gasteiger partial charge is 0.339 e. The Bertz CT molecular complexity index is 1800. The van der Waals surface area contributed by atoms with Crippen molar-refractivity contribution in [3.8, 4) is 12.3 Å². The highest BCUT2D eigenvalue weighted by molar-refractivity contribution is 6.14. The number of para-hydroxylation sites is 1. The number of amides is 1.